The molecular weight excluding hydrogens is 394 g/mol. The van der Waals surface area contributed by atoms with E-state index < -0.39 is 6.23 Å². The number of nitrogens with one attached hydrogen (secondary N) is 3. The van der Waals surface area contributed by atoms with Gasteiger partial charge in [-0.05, 0) is 49.6 Å². The Morgan fingerprint density at radius 1 is 1.29 bits per heavy atom. The van der Waals surface area contributed by atoms with Gasteiger partial charge in [0.2, 0.25) is 6.23 Å². The lowest BCUT2D eigenvalue weighted by atomic mass is 10.1. The van der Waals surface area contributed by atoms with Crippen LogP contribution in [-0.2, 0) is 22.6 Å². The van der Waals surface area contributed by atoms with Crippen LogP contribution in [0.4, 0.5) is 5.69 Å². The number of aryl methyl sites for hydroxylation is 1. The van der Waals surface area contributed by atoms with Crippen LogP contribution in [-0.4, -0.2) is 41.9 Å². The number of hydrogen-bond acceptors (Lipinski definition) is 5. The molecule has 0 aliphatic carbocycles. The number of hydrogen-bond donors (Lipinski definition) is 4. The summed E-state index contributed by atoms with van der Waals surface area (Å²) in [6.45, 7) is 7.29. The largest absolute Gasteiger partial charge is 0.385 e. The summed E-state index contributed by atoms with van der Waals surface area (Å²) in [6.07, 6.45) is -1.01. The number of nitrogens with zero attached hydrogens (tertiary/aromatic N) is 1. The van der Waals surface area contributed by atoms with E-state index in [9.17, 15) is 9.59 Å². The lowest BCUT2D eigenvalue weighted by molar-refractivity contribution is -0.143. The van der Waals surface area contributed by atoms with E-state index in [4.69, 9.17) is 15.9 Å². The fraction of sp³-hybridized carbons (Fsp3) is 0.348. The summed E-state index contributed by atoms with van der Waals surface area (Å²) in [6, 6.07) is 10.9. The van der Waals surface area contributed by atoms with Gasteiger partial charge in [-0.3, -0.25) is 15.0 Å². The Kier molecular flexibility index (Phi) is 6.91. The topological polar surface area (TPSA) is 121 Å². The van der Waals surface area contributed by atoms with Crippen molar-refractivity contribution in [1.29, 1.82) is 5.41 Å². The molecule has 2 amide bonds. The second kappa shape index (κ2) is 9.61. The third kappa shape index (κ3) is 4.69. The number of fused-ring (bicyclic) bond motifs is 1. The van der Waals surface area contributed by atoms with Crippen molar-refractivity contribution in [3.8, 4) is 0 Å². The molecule has 0 spiro atoms. The minimum Gasteiger partial charge on any atom is -0.385 e. The number of amidine groups is 1. The molecular formula is C23H29N5O3. The summed E-state index contributed by atoms with van der Waals surface area (Å²) < 4.78 is 5.68. The average Bonchev–Trinajstić information content (AvgIpc) is 3.08. The highest BCUT2D eigenvalue weighted by molar-refractivity contribution is 6.01. The number of nitrogens with two attached hydrogens (primary N) is 1. The van der Waals surface area contributed by atoms with Crippen LogP contribution in [0.15, 0.2) is 36.4 Å². The second-order valence-corrected chi connectivity index (χ2v) is 7.38. The fourth-order valence-electron chi connectivity index (χ4n) is 3.69. The van der Waals surface area contributed by atoms with E-state index in [1.807, 2.05) is 32.0 Å². The van der Waals surface area contributed by atoms with Crippen molar-refractivity contribution in [2.45, 2.75) is 40.1 Å². The number of benzene rings is 2. The third-order valence-electron chi connectivity index (χ3n) is 5.30. The van der Waals surface area contributed by atoms with Gasteiger partial charge in [-0.2, -0.15) is 0 Å². The van der Waals surface area contributed by atoms with Crippen LogP contribution in [0.3, 0.4) is 0 Å². The van der Waals surface area contributed by atoms with Gasteiger partial charge in [0, 0.05) is 36.5 Å². The summed E-state index contributed by atoms with van der Waals surface area (Å²) in [7, 11) is 0. The van der Waals surface area contributed by atoms with Crippen molar-refractivity contribution >= 4 is 23.3 Å². The summed E-state index contributed by atoms with van der Waals surface area (Å²) in [5.41, 5.74) is 10.4. The first-order valence-corrected chi connectivity index (χ1v) is 10.4. The van der Waals surface area contributed by atoms with Gasteiger partial charge >= 0.3 is 0 Å². The van der Waals surface area contributed by atoms with Gasteiger partial charge in [0.05, 0.1) is 6.54 Å². The van der Waals surface area contributed by atoms with E-state index in [0.29, 0.717) is 30.8 Å². The smallest absolute Gasteiger partial charge is 0.270 e. The molecule has 2 aromatic carbocycles. The summed E-state index contributed by atoms with van der Waals surface area (Å²) in [5, 5.41) is 13.7. The highest BCUT2D eigenvalue weighted by Gasteiger charge is 2.37. The molecule has 1 aliphatic rings. The van der Waals surface area contributed by atoms with Crippen LogP contribution in [0, 0.1) is 12.3 Å². The molecule has 1 atom stereocenters. The van der Waals surface area contributed by atoms with Crippen molar-refractivity contribution in [3.05, 3.63) is 64.2 Å². The van der Waals surface area contributed by atoms with E-state index in [1.165, 1.54) is 4.90 Å². The monoisotopic (exact) mass is 423 g/mol. The van der Waals surface area contributed by atoms with Crippen LogP contribution in [0.2, 0.25) is 0 Å². The molecule has 0 bridgehead atoms. The number of ether oxygens (including phenoxy) is 1. The van der Waals surface area contributed by atoms with Crippen LogP contribution >= 0.6 is 0 Å². The number of anilines is 1. The molecule has 8 heteroatoms. The van der Waals surface area contributed by atoms with E-state index in [0.717, 1.165) is 22.4 Å². The van der Waals surface area contributed by atoms with Crippen molar-refractivity contribution in [2.75, 3.05) is 18.5 Å². The number of amides is 2. The van der Waals surface area contributed by atoms with Crippen molar-refractivity contribution in [2.24, 2.45) is 5.73 Å². The van der Waals surface area contributed by atoms with Gasteiger partial charge in [0.1, 0.15) is 5.84 Å². The molecule has 31 heavy (non-hydrogen) atoms. The highest BCUT2D eigenvalue weighted by Crippen LogP contribution is 2.28. The summed E-state index contributed by atoms with van der Waals surface area (Å²) in [5.74, 6) is -0.598. The predicted octanol–water partition coefficient (Wildman–Crippen LogP) is 2.35. The van der Waals surface area contributed by atoms with E-state index in [1.54, 1.807) is 25.1 Å². The first-order chi connectivity index (χ1) is 14.9. The maximum Gasteiger partial charge on any atom is 0.270 e. The zero-order valence-corrected chi connectivity index (χ0v) is 18.1. The average molecular weight is 424 g/mol. The normalized spacial score (nSPS) is 13.6. The molecule has 0 radical (unpaired) electrons. The van der Waals surface area contributed by atoms with Gasteiger partial charge in [-0.15, -0.1) is 0 Å². The number of nitrogen functional groups attached to an aromatic ring is 1. The Morgan fingerprint density at radius 3 is 2.71 bits per heavy atom. The molecule has 1 aliphatic heterocycles. The van der Waals surface area contributed by atoms with Crippen LogP contribution in [0.25, 0.3) is 0 Å². The minimum atomic E-state index is -1.01. The molecule has 0 unspecified atom stereocenters. The first kappa shape index (κ1) is 22.3. The summed E-state index contributed by atoms with van der Waals surface area (Å²) >= 11 is 0. The van der Waals surface area contributed by atoms with Crippen molar-refractivity contribution < 1.29 is 14.3 Å². The summed E-state index contributed by atoms with van der Waals surface area (Å²) in [4.78, 5) is 27.4. The van der Waals surface area contributed by atoms with Gasteiger partial charge in [-0.25, -0.2) is 0 Å². The van der Waals surface area contributed by atoms with Crippen LogP contribution < -0.4 is 16.4 Å². The number of carbonyl (C=O) groups excluding carboxylic acids is 2. The number of carbonyl (C=O) groups is 2. The lowest BCUT2D eigenvalue weighted by Crippen LogP contribution is -2.48. The lowest BCUT2D eigenvalue weighted by Gasteiger charge is -2.26. The Labute approximate surface area is 182 Å². The Bertz CT molecular complexity index is 1000. The van der Waals surface area contributed by atoms with Crippen LogP contribution in [0.1, 0.15) is 46.5 Å². The van der Waals surface area contributed by atoms with Gasteiger partial charge < -0.3 is 26.0 Å². The number of rotatable bonds is 9. The van der Waals surface area contributed by atoms with E-state index in [2.05, 4.69) is 10.6 Å². The predicted molar refractivity (Wildman–Crippen MR) is 120 cm³/mol. The Morgan fingerprint density at radius 2 is 2.06 bits per heavy atom. The van der Waals surface area contributed by atoms with E-state index in [-0.39, 0.29) is 24.2 Å². The fourth-order valence-corrected chi connectivity index (χ4v) is 3.69. The molecule has 0 saturated heterocycles. The second-order valence-electron chi connectivity index (χ2n) is 7.38. The molecule has 0 saturated carbocycles. The molecule has 1 heterocycles. The maximum absolute atomic E-state index is 13.0. The molecule has 164 valence electrons. The van der Waals surface area contributed by atoms with E-state index >= 15 is 0 Å². The Hall–Kier alpha value is -3.39. The van der Waals surface area contributed by atoms with Gasteiger partial charge in [0.15, 0.2) is 0 Å². The standard InChI is InChI=1S/C23H29N5O3/c1-4-26-19-11-15(20(24)25)9-10-16(19)12-27-21(29)23(31-5-2)28-13-18-14(3)7-6-8-17(18)22(28)30/h6-11,23,26H,4-5,12-13H2,1-3H3,(H3,24,25)(H,27,29)/t23-/m0/s1. The SMILES string of the molecule is CCNc1cc(C(=N)N)ccc1CNC(=O)[C@H](OCC)N1Cc2c(C)cccc2C1=O. The molecule has 0 aromatic heterocycles. The zero-order valence-electron chi connectivity index (χ0n) is 18.1. The van der Waals surface area contributed by atoms with Gasteiger partial charge in [0.25, 0.3) is 11.8 Å². The quantitative estimate of drug-likeness (QED) is 0.364. The Balaban J connectivity index is 1.76. The third-order valence-corrected chi connectivity index (χ3v) is 5.30. The first-order valence-electron chi connectivity index (χ1n) is 10.4. The van der Waals surface area contributed by atoms with Crippen molar-refractivity contribution in [1.82, 2.24) is 10.2 Å². The van der Waals surface area contributed by atoms with Crippen LogP contribution in [0.5, 0.6) is 0 Å². The zero-order chi connectivity index (χ0) is 22.5. The minimum absolute atomic E-state index is 0.0199. The molecule has 3 rings (SSSR count). The highest BCUT2D eigenvalue weighted by atomic mass is 16.5. The molecule has 2 aromatic rings. The molecule has 0 fully saturated rings. The van der Waals surface area contributed by atoms with Gasteiger partial charge in [-0.1, -0.05) is 24.3 Å². The van der Waals surface area contributed by atoms with Crippen molar-refractivity contribution in [3.63, 3.8) is 0 Å². The maximum atomic E-state index is 13.0. The molecule has 8 nitrogen and oxygen atoms in total. The molecule has 5 N–H and O–H groups in total.